The van der Waals surface area contributed by atoms with Crippen LogP contribution in [-0.2, 0) is 17.9 Å². The van der Waals surface area contributed by atoms with Gasteiger partial charge >= 0.3 is 5.97 Å². The highest BCUT2D eigenvalue weighted by Gasteiger charge is 2.10. The van der Waals surface area contributed by atoms with Gasteiger partial charge in [-0.1, -0.05) is 5.21 Å². The Kier molecular flexibility index (Phi) is 4.19. The molecule has 0 radical (unpaired) electrons. The summed E-state index contributed by atoms with van der Waals surface area (Å²) in [6.45, 7) is 0.961. The van der Waals surface area contributed by atoms with E-state index < -0.39 is 12.0 Å². The number of carbonyl (C=O) groups is 1. The normalized spacial score (nSPS) is 12.7. The van der Waals surface area contributed by atoms with E-state index in [0.717, 1.165) is 5.69 Å². The Morgan fingerprint density at radius 3 is 2.93 bits per heavy atom. The summed E-state index contributed by atoms with van der Waals surface area (Å²) in [5, 5.41) is 16.2. The lowest BCUT2D eigenvalue weighted by molar-refractivity contribution is -0.138. The number of aliphatic carboxylic acids is 1. The second-order valence-corrected chi connectivity index (χ2v) is 3.26. The molecule has 1 heterocycles. The molecule has 84 valence electrons. The Morgan fingerprint density at radius 1 is 1.67 bits per heavy atom. The maximum Gasteiger partial charge on any atom is 0.320 e. The molecule has 0 aliphatic rings. The van der Waals surface area contributed by atoms with Crippen LogP contribution < -0.4 is 11.5 Å². The second-order valence-electron chi connectivity index (χ2n) is 3.26. The number of aryl methyl sites for hydroxylation is 1. The molecule has 0 spiro atoms. The van der Waals surface area contributed by atoms with E-state index in [1.165, 1.54) is 0 Å². The molecule has 1 atom stereocenters. The third-order valence-electron chi connectivity index (χ3n) is 2.01. The zero-order valence-electron chi connectivity index (χ0n) is 8.33. The molecule has 0 amide bonds. The number of rotatable bonds is 6. The van der Waals surface area contributed by atoms with E-state index in [2.05, 4.69) is 10.3 Å². The number of nitrogens with two attached hydrogens (primary N) is 2. The van der Waals surface area contributed by atoms with Crippen molar-refractivity contribution in [2.24, 2.45) is 11.5 Å². The molecule has 0 saturated heterocycles. The molecular weight excluding hydrogens is 198 g/mol. The van der Waals surface area contributed by atoms with Crippen molar-refractivity contribution in [3.8, 4) is 0 Å². The largest absolute Gasteiger partial charge is 0.480 e. The lowest BCUT2D eigenvalue weighted by atomic mass is 10.2. The van der Waals surface area contributed by atoms with Crippen LogP contribution >= 0.6 is 0 Å². The molecule has 0 aliphatic heterocycles. The number of carboxylic acid groups (broad SMARTS) is 1. The molecule has 5 N–H and O–H groups in total. The fourth-order valence-electron chi connectivity index (χ4n) is 1.14. The van der Waals surface area contributed by atoms with Crippen molar-refractivity contribution in [1.82, 2.24) is 15.0 Å². The summed E-state index contributed by atoms with van der Waals surface area (Å²) in [7, 11) is 0. The molecule has 0 saturated carbocycles. The van der Waals surface area contributed by atoms with Crippen molar-refractivity contribution >= 4 is 5.97 Å². The van der Waals surface area contributed by atoms with Gasteiger partial charge in [-0.2, -0.15) is 0 Å². The summed E-state index contributed by atoms with van der Waals surface area (Å²) in [6.07, 6.45) is 2.82. The molecule has 0 aliphatic carbocycles. The Labute approximate surface area is 87.1 Å². The van der Waals surface area contributed by atoms with Gasteiger partial charge in [0.05, 0.1) is 5.69 Å². The van der Waals surface area contributed by atoms with Crippen LogP contribution in [0.1, 0.15) is 18.5 Å². The summed E-state index contributed by atoms with van der Waals surface area (Å²) in [4.78, 5) is 10.4. The SMILES string of the molecule is NCc1cn(CCC[C@H](N)C(=O)O)nn1. The van der Waals surface area contributed by atoms with E-state index in [1.54, 1.807) is 10.9 Å². The molecular formula is C8H15N5O2. The van der Waals surface area contributed by atoms with E-state index in [-0.39, 0.29) is 0 Å². The maximum atomic E-state index is 10.4. The van der Waals surface area contributed by atoms with Crippen LogP contribution in [0.15, 0.2) is 6.20 Å². The van der Waals surface area contributed by atoms with Gasteiger partial charge in [-0.25, -0.2) is 0 Å². The predicted octanol–water partition coefficient (Wildman–Crippen LogP) is -1.07. The van der Waals surface area contributed by atoms with E-state index in [9.17, 15) is 4.79 Å². The third kappa shape index (κ3) is 3.64. The van der Waals surface area contributed by atoms with Crippen LogP contribution in [0.25, 0.3) is 0 Å². The van der Waals surface area contributed by atoms with Crippen LogP contribution in [0.5, 0.6) is 0 Å². The van der Waals surface area contributed by atoms with Gasteiger partial charge in [0.25, 0.3) is 0 Å². The van der Waals surface area contributed by atoms with E-state index in [1.807, 2.05) is 0 Å². The first-order valence-corrected chi connectivity index (χ1v) is 4.71. The van der Waals surface area contributed by atoms with Crippen LogP contribution in [0.3, 0.4) is 0 Å². The number of hydrogen-bond donors (Lipinski definition) is 3. The molecule has 0 aromatic carbocycles. The smallest absolute Gasteiger partial charge is 0.320 e. The first kappa shape index (κ1) is 11.6. The molecule has 1 aromatic rings. The molecule has 0 unspecified atom stereocenters. The van der Waals surface area contributed by atoms with Crippen LogP contribution in [0, 0.1) is 0 Å². The van der Waals surface area contributed by atoms with Crippen molar-refractivity contribution in [2.75, 3.05) is 0 Å². The van der Waals surface area contributed by atoms with Crippen molar-refractivity contribution in [2.45, 2.75) is 32.0 Å². The minimum atomic E-state index is -0.976. The quantitative estimate of drug-likeness (QED) is 0.553. The summed E-state index contributed by atoms with van der Waals surface area (Å²) in [6, 6.07) is -0.803. The van der Waals surface area contributed by atoms with Crippen molar-refractivity contribution in [3.63, 3.8) is 0 Å². The van der Waals surface area contributed by atoms with Crippen molar-refractivity contribution in [3.05, 3.63) is 11.9 Å². The summed E-state index contributed by atoms with van der Waals surface area (Å²) in [5.41, 5.74) is 11.4. The van der Waals surface area contributed by atoms with Gasteiger partial charge in [-0.05, 0) is 12.8 Å². The van der Waals surface area contributed by atoms with Gasteiger partial charge in [0.1, 0.15) is 6.04 Å². The fourth-order valence-corrected chi connectivity index (χ4v) is 1.14. The maximum absolute atomic E-state index is 10.4. The van der Waals surface area contributed by atoms with E-state index >= 15 is 0 Å². The van der Waals surface area contributed by atoms with Crippen LogP contribution in [0.4, 0.5) is 0 Å². The molecule has 7 nitrogen and oxygen atoms in total. The highest BCUT2D eigenvalue weighted by molar-refractivity contribution is 5.72. The summed E-state index contributed by atoms with van der Waals surface area (Å²) >= 11 is 0. The van der Waals surface area contributed by atoms with Gasteiger partial charge in [0.2, 0.25) is 0 Å². The molecule has 1 rings (SSSR count). The van der Waals surface area contributed by atoms with Crippen molar-refractivity contribution in [1.29, 1.82) is 0 Å². The molecule has 0 fully saturated rings. The van der Waals surface area contributed by atoms with Gasteiger partial charge in [0, 0.05) is 19.3 Å². The summed E-state index contributed by atoms with van der Waals surface area (Å²) in [5.74, 6) is -0.976. The van der Waals surface area contributed by atoms with Crippen LogP contribution in [0.2, 0.25) is 0 Å². The Hall–Kier alpha value is -1.47. The van der Waals surface area contributed by atoms with E-state index in [4.69, 9.17) is 16.6 Å². The zero-order valence-corrected chi connectivity index (χ0v) is 8.33. The highest BCUT2D eigenvalue weighted by Crippen LogP contribution is 1.99. The van der Waals surface area contributed by atoms with Gasteiger partial charge in [-0.15, -0.1) is 5.10 Å². The van der Waals surface area contributed by atoms with Gasteiger partial charge < -0.3 is 16.6 Å². The predicted molar refractivity (Wildman–Crippen MR) is 52.8 cm³/mol. The average Bonchev–Trinajstić information content (AvgIpc) is 2.65. The molecule has 1 aromatic heterocycles. The van der Waals surface area contributed by atoms with Gasteiger partial charge in [-0.3, -0.25) is 9.48 Å². The average molecular weight is 213 g/mol. The second kappa shape index (κ2) is 5.42. The first-order chi connectivity index (χ1) is 7.13. The highest BCUT2D eigenvalue weighted by atomic mass is 16.4. The number of nitrogens with zero attached hydrogens (tertiary/aromatic N) is 3. The molecule has 7 heteroatoms. The molecule has 0 bridgehead atoms. The first-order valence-electron chi connectivity index (χ1n) is 4.71. The Balaban J connectivity index is 2.28. The molecule has 15 heavy (non-hydrogen) atoms. The lowest BCUT2D eigenvalue weighted by Crippen LogP contribution is -2.30. The van der Waals surface area contributed by atoms with Crippen molar-refractivity contribution < 1.29 is 9.90 Å². The van der Waals surface area contributed by atoms with E-state index in [0.29, 0.717) is 25.9 Å². The monoisotopic (exact) mass is 213 g/mol. The minimum Gasteiger partial charge on any atom is -0.480 e. The number of aromatic nitrogens is 3. The lowest BCUT2D eigenvalue weighted by Gasteiger charge is -2.05. The topological polar surface area (TPSA) is 120 Å². The van der Waals surface area contributed by atoms with Crippen LogP contribution in [-0.4, -0.2) is 32.1 Å². The number of carboxylic acids is 1. The fraction of sp³-hybridized carbons (Fsp3) is 0.625. The third-order valence-corrected chi connectivity index (χ3v) is 2.01. The standard InChI is InChI=1S/C8H15N5O2/c9-4-6-5-13(12-11-6)3-1-2-7(10)8(14)15/h5,7H,1-4,9-10H2,(H,14,15)/t7-/m0/s1. The summed E-state index contributed by atoms with van der Waals surface area (Å²) < 4.78 is 1.64. The van der Waals surface area contributed by atoms with Gasteiger partial charge in [0.15, 0.2) is 0 Å². The zero-order chi connectivity index (χ0) is 11.3. The Bertz CT molecular complexity index is 325. The Morgan fingerprint density at radius 2 is 2.40 bits per heavy atom. The number of hydrogen-bond acceptors (Lipinski definition) is 5. The minimum absolute atomic E-state index is 0.356.